The van der Waals surface area contributed by atoms with Crippen LogP contribution < -0.4 is 10.1 Å². The minimum Gasteiger partial charge on any atom is -0.497 e. The van der Waals surface area contributed by atoms with E-state index in [1.165, 1.54) is 5.56 Å². The van der Waals surface area contributed by atoms with Gasteiger partial charge in [0.1, 0.15) is 5.75 Å². The van der Waals surface area contributed by atoms with Crippen molar-refractivity contribution in [2.45, 2.75) is 12.8 Å². The summed E-state index contributed by atoms with van der Waals surface area (Å²) in [6.45, 7) is 0.487. The molecule has 0 aromatic heterocycles. The van der Waals surface area contributed by atoms with E-state index in [4.69, 9.17) is 9.84 Å². The number of ether oxygens (including phenoxy) is 1. The molecular weight excluding hydrogens is 194 g/mol. The first kappa shape index (κ1) is 11.4. The van der Waals surface area contributed by atoms with Gasteiger partial charge >= 0.3 is 6.09 Å². The summed E-state index contributed by atoms with van der Waals surface area (Å²) in [4.78, 5) is 10.2. The number of carboxylic acid groups (broad SMARTS) is 1. The smallest absolute Gasteiger partial charge is 0.404 e. The quantitative estimate of drug-likeness (QED) is 0.728. The summed E-state index contributed by atoms with van der Waals surface area (Å²) in [5, 5.41) is 10.7. The number of methoxy groups -OCH3 is 1. The lowest BCUT2D eigenvalue weighted by Gasteiger charge is -2.03. The maximum atomic E-state index is 10.2. The van der Waals surface area contributed by atoms with Crippen molar-refractivity contribution in [3.8, 4) is 5.75 Å². The number of amides is 1. The third-order valence-corrected chi connectivity index (χ3v) is 2.08. The molecule has 1 aromatic rings. The molecule has 0 saturated heterocycles. The number of hydrogen-bond acceptors (Lipinski definition) is 2. The van der Waals surface area contributed by atoms with E-state index in [2.05, 4.69) is 5.32 Å². The van der Waals surface area contributed by atoms with Crippen LogP contribution in [0, 0.1) is 0 Å². The lowest BCUT2D eigenvalue weighted by atomic mass is 10.1. The molecule has 0 aliphatic rings. The lowest BCUT2D eigenvalue weighted by molar-refractivity contribution is 0.194. The second-order valence-electron chi connectivity index (χ2n) is 3.18. The Morgan fingerprint density at radius 2 is 2.07 bits per heavy atom. The monoisotopic (exact) mass is 209 g/mol. The van der Waals surface area contributed by atoms with Gasteiger partial charge in [0, 0.05) is 6.54 Å². The van der Waals surface area contributed by atoms with Gasteiger partial charge < -0.3 is 15.2 Å². The molecule has 1 aromatic carbocycles. The van der Waals surface area contributed by atoms with E-state index in [0.29, 0.717) is 6.54 Å². The summed E-state index contributed by atoms with van der Waals surface area (Å²) >= 11 is 0. The summed E-state index contributed by atoms with van der Waals surface area (Å²) in [5.74, 6) is 0.836. The molecular formula is C11H15NO3. The average molecular weight is 209 g/mol. The molecule has 1 rings (SSSR count). The Morgan fingerprint density at radius 1 is 1.40 bits per heavy atom. The van der Waals surface area contributed by atoms with Gasteiger partial charge in [-0.15, -0.1) is 0 Å². The van der Waals surface area contributed by atoms with E-state index in [1.807, 2.05) is 24.3 Å². The van der Waals surface area contributed by atoms with E-state index >= 15 is 0 Å². The van der Waals surface area contributed by atoms with Crippen LogP contribution in [-0.4, -0.2) is 24.9 Å². The van der Waals surface area contributed by atoms with Crippen LogP contribution in [0.3, 0.4) is 0 Å². The summed E-state index contributed by atoms with van der Waals surface area (Å²) in [6.07, 6.45) is 0.702. The maximum absolute atomic E-state index is 10.2. The SMILES string of the molecule is COc1ccc(CCCNC(=O)O)cc1. The van der Waals surface area contributed by atoms with Crippen LogP contribution in [0.4, 0.5) is 4.79 Å². The second kappa shape index (κ2) is 5.90. The average Bonchev–Trinajstić information content (AvgIpc) is 2.25. The zero-order valence-corrected chi connectivity index (χ0v) is 8.69. The summed E-state index contributed by atoms with van der Waals surface area (Å²) in [6, 6.07) is 7.78. The van der Waals surface area contributed by atoms with Crippen LogP contribution in [-0.2, 0) is 6.42 Å². The summed E-state index contributed by atoms with van der Waals surface area (Å²) in [5.41, 5.74) is 1.18. The Hall–Kier alpha value is -1.71. The Kier molecular flexibility index (Phi) is 4.47. The Labute approximate surface area is 88.9 Å². The Bertz CT molecular complexity index is 308. The van der Waals surface area contributed by atoms with Gasteiger partial charge in [-0.3, -0.25) is 0 Å². The van der Waals surface area contributed by atoms with Crippen LogP contribution in [0.5, 0.6) is 5.75 Å². The predicted octanol–water partition coefficient (Wildman–Crippen LogP) is 1.90. The number of carbonyl (C=O) groups is 1. The fraction of sp³-hybridized carbons (Fsp3) is 0.364. The van der Waals surface area contributed by atoms with Crippen LogP contribution >= 0.6 is 0 Å². The van der Waals surface area contributed by atoms with E-state index < -0.39 is 6.09 Å². The minimum atomic E-state index is -0.968. The van der Waals surface area contributed by atoms with Crippen LogP contribution in [0.15, 0.2) is 24.3 Å². The maximum Gasteiger partial charge on any atom is 0.404 e. The van der Waals surface area contributed by atoms with Gasteiger partial charge in [0.05, 0.1) is 7.11 Å². The van der Waals surface area contributed by atoms with Crippen molar-refractivity contribution >= 4 is 6.09 Å². The fourth-order valence-electron chi connectivity index (χ4n) is 1.28. The van der Waals surface area contributed by atoms with Gasteiger partial charge in [0.25, 0.3) is 0 Å². The zero-order chi connectivity index (χ0) is 11.1. The van der Waals surface area contributed by atoms with Crippen molar-refractivity contribution in [2.75, 3.05) is 13.7 Å². The van der Waals surface area contributed by atoms with E-state index in [-0.39, 0.29) is 0 Å². The van der Waals surface area contributed by atoms with Gasteiger partial charge in [-0.1, -0.05) is 12.1 Å². The van der Waals surface area contributed by atoms with Gasteiger partial charge in [-0.25, -0.2) is 4.79 Å². The minimum absolute atomic E-state index is 0.487. The highest BCUT2D eigenvalue weighted by molar-refractivity contribution is 5.64. The van der Waals surface area contributed by atoms with Crippen molar-refractivity contribution in [3.05, 3.63) is 29.8 Å². The van der Waals surface area contributed by atoms with Crippen molar-refractivity contribution in [1.29, 1.82) is 0 Å². The number of nitrogens with one attached hydrogen (secondary N) is 1. The number of benzene rings is 1. The molecule has 82 valence electrons. The molecule has 0 saturated carbocycles. The standard InChI is InChI=1S/C11H15NO3/c1-15-10-6-4-9(5-7-10)3-2-8-12-11(13)14/h4-7,12H,2-3,8H2,1H3,(H,13,14). The van der Waals surface area contributed by atoms with Gasteiger partial charge in [0.2, 0.25) is 0 Å². The highest BCUT2D eigenvalue weighted by Gasteiger charge is 1.96. The molecule has 0 spiro atoms. The summed E-state index contributed by atoms with van der Waals surface area (Å²) in [7, 11) is 1.63. The van der Waals surface area contributed by atoms with Crippen molar-refractivity contribution in [3.63, 3.8) is 0 Å². The molecule has 1 amide bonds. The molecule has 4 heteroatoms. The highest BCUT2D eigenvalue weighted by atomic mass is 16.5. The Morgan fingerprint density at radius 3 is 2.60 bits per heavy atom. The number of rotatable bonds is 5. The van der Waals surface area contributed by atoms with Gasteiger partial charge in [0.15, 0.2) is 0 Å². The van der Waals surface area contributed by atoms with Gasteiger partial charge in [-0.2, -0.15) is 0 Å². The van der Waals surface area contributed by atoms with Crippen LogP contribution in [0.25, 0.3) is 0 Å². The van der Waals surface area contributed by atoms with Crippen molar-refractivity contribution < 1.29 is 14.6 Å². The molecule has 2 N–H and O–H groups in total. The molecule has 0 heterocycles. The number of hydrogen-bond donors (Lipinski definition) is 2. The first-order chi connectivity index (χ1) is 7.22. The molecule has 0 unspecified atom stereocenters. The molecule has 0 aliphatic carbocycles. The van der Waals surface area contributed by atoms with E-state index in [0.717, 1.165) is 18.6 Å². The lowest BCUT2D eigenvalue weighted by Crippen LogP contribution is -2.22. The van der Waals surface area contributed by atoms with Crippen molar-refractivity contribution in [1.82, 2.24) is 5.32 Å². The zero-order valence-electron chi connectivity index (χ0n) is 8.69. The third kappa shape index (κ3) is 4.35. The van der Waals surface area contributed by atoms with E-state index in [1.54, 1.807) is 7.11 Å². The largest absolute Gasteiger partial charge is 0.497 e. The fourth-order valence-corrected chi connectivity index (χ4v) is 1.28. The molecule has 0 bridgehead atoms. The van der Waals surface area contributed by atoms with Crippen LogP contribution in [0.1, 0.15) is 12.0 Å². The highest BCUT2D eigenvalue weighted by Crippen LogP contribution is 2.12. The third-order valence-electron chi connectivity index (χ3n) is 2.08. The molecule has 15 heavy (non-hydrogen) atoms. The van der Waals surface area contributed by atoms with E-state index in [9.17, 15) is 4.79 Å². The molecule has 0 atom stereocenters. The number of aryl methyl sites for hydroxylation is 1. The second-order valence-corrected chi connectivity index (χ2v) is 3.18. The van der Waals surface area contributed by atoms with Crippen LogP contribution in [0.2, 0.25) is 0 Å². The first-order valence-electron chi connectivity index (χ1n) is 4.82. The predicted molar refractivity (Wildman–Crippen MR) is 57.3 cm³/mol. The van der Waals surface area contributed by atoms with Crippen molar-refractivity contribution in [2.24, 2.45) is 0 Å². The molecule has 0 fully saturated rings. The summed E-state index contributed by atoms with van der Waals surface area (Å²) < 4.78 is 5.04. The molecule has 4 nitrogen and oxygen atoms in total. The normalized spacial score (nSPS) is 9.67. The molecule has 0 aliphatic heterocycles. The first-order valence-corrected chi connectivity index (χ1v) is 4.82. The van der Waals surface area contributed by atoms with Gasteiger partial charge in [-0.05, 0) is 30.5 Å². The Balaban J connectivity index is 2.28. The topological polar surface area (TPSA) is 58.6 Å². The molecule has 0 radical (unpaired) electrons.